The Bertz CT molecular complexity index is 969. The Balaban J connectivity index is 2.30. The van der Waals surface area contributed by atoms with E-state index in [-0.39, 0.29) is 22.0 Å². The zero-order valence-corrected chi connectivity index (χ0v) is 14.0. The first kappa shape index (κ1) is 16.7. The van der Waals surface area contributed by atoms with Gasteiger partial charge in [0.15, 0.2) is 5.82 Å². The summed E-state index contributed by atoms with van der Waals surface area (Å²) < 4.78 is 54.8. The molecule has 0 aliphatic rings. The van der Waals surface area contributed by atoms with E-state index in [2.05, 4.69) is 15.3 Å². The summed E-state index contributed by atoms with van der Waals surface area (Å²) in [6.45, 7) is 0.0844. The van der Waals surface area contributed by atoms with Gasteiger partial charge in [-0.1, -0.05) is 0 Å². The second-order valence-electron chi connectivity index (χ2n) is 4.79. The van der Waals surface area contributed by atoms with Crippen LogP contribution in [-0.4, -0.2) is 29.4 Å². The molecule has 1 N–H and O–H groups in total. The monoisotopic (exact) mass is 370 g/mol. The summed E-state index contributed by atoms with van der Waals surface area (Å²) in [4.78, 5) is 7.24. The average Bonchev–Trinajstić information content (AvgIpc) is 3.19. The molecule has 0 amide bonds. The number of nitrogens with zero attached hydrogens (tertiary/aromatic N) is 3. The molecule has 10 heteroatoms. The van der Waals surface area contributed by atoms with Crippen LogP contribution in [0.1, 0.15) is 5.56 Å². The minimum atomic E-state index is -4.15. The van der Waals surface area contributed by atoms with Gasteiger partial charge in [-0.2, -0.15) is 12.8 Å². The van der Waals surface area contributed by atoms with Crippen LogP contribution >= 0.6 is 11.3 Å². The maximum Gasteiger partial charge on any atom is 0.295 e. The van der Waals surface area contributed by atoms with E-state index in [0.29, 0.717) is 3.97 Å². The molecular formula is C14H12F2N4O2S2. The number of hydrogen-bond acceptors (Lipinski definition) is 6. The molecule has 0 atom stereocenters. The van der Waals surface area contributed by atoms with Crippen LogP contribution in [0.15, 0.2) is 40.4 Å². The Labute approximate surface area is 140 Å². The van der Waals surface area contributed by atoms with Crippen molar-refractivity contribution in [1.29, 1.82) is 0 Å². The summed E-state index contributed by atoms with van der Waals surface area (Å²) in [6.07, 6.45) is 3.66. The topological polar surface area (TPSA) is 76.9 Å². The molecule has 0 aliphatic heterocycles. The molecule has 3 heterocycles. The standard InChI is InChI=1S/C14H12F2N4O2S2/c1-17-7-9-8-20(24(21,22)14-19-5-6-23-14)12(11(9)15)10-3-2-4-18-13(10)16/h2-6,8,17H,7H2,1H3. The highest BCUT2D eigenvalue weighted by Crippen LogP contribution is 2.32. The number of aromatic nitrogens is 3. The predicted octanol–water partition coefficient (Wildman–Crippen LogP) is 2.24. The molecule has 0 aliphatic carbocycles. The predicted molar refractivity (Wildman–Crippen MR) is 85.0 cm³/mol. The fourth-order valence-corrected chi connectivity index (χ4v) is 4.54. The highest BCUT2D eigenvalue weighted by Gasteiger charge is 2.29. The van der Waals surface area contributed by atoms with Crippen LogP contribution in [-0.2, 0) is 16.6 Å². The maximum absolute atomic E-state index is 14.8. The molecule has 0 spiro atoms. The molecule has 24 heavy (non-hydrogen) atoms. The van der Waals surface area contributed by atoms with E-state index >= 15 is 0 Å². The van der Waals surface area contributed by atoms with Gasteiger partial charge < -0.3 is 5.32 Å². The first-order chi connectivity index (χ1) is 11.5. The quantitative estimate of drug-likeness (QED) is 0.697. The summed E-state index contributed by atoms with van der Waals surface area (Å²) in [5, 5.41) is 4.24. The molecule has 0 unspecified atom stereocenters. The van der Waals surface area contributed by atoms with Crippen molar-refractivity contribution in [3.05, 3.63) is 53.4 Å². The number of rotatable bonds is 5. The van der Waals surface area contributed by atoms with Crippen molar-refractivity contribution in [2.24, 2.45) is 0 Å². The Hall–Kier alpha value is -2.17. The minimum absolute atomic E-state index is 0.0844. The lowest BCUT2D eigenvalue weighted by atomic mass is 10.2. The van der Waals surface area contributed by atoms with Crippen LogP contribution in [0.3, 0.4) is 0 Å². The minimum Gasteiger partial charge on any atom is -0.316 e. The summed E-state index contributed by atoms with van der Waals surface area (Å²) >= 11 is 0.894. The normalized spacial score (nSPS) is 11.8. The molecule has 0 aromatic carbocycles. The molecule has 3 aromatic rings. The van der Waals surface area contributed by atoms with Crippen LogP contribution < -0.4 is 5.32 Å². The number of pyridine rings is 1. The van der Waals surface area contributed by atoms with Crippen molar-refractivity contribution in [2.45, 2.75) is 10.9 Å². The molecule has 3 rings (SSSR count). The van der Waals surface area contributed by atoms with E-state index in [9.17, 15) is 17.2 Å². The van der Waals surface area contributed by atoms with Crippen molar-refractivity contribution >= 4 is 21.4 Å². The largest absolute Gasteiger partial charge is 0.316 e. The Kier molecular flexibility index (Phi) is 4.43. The Morgan fingerprint density at radius 2 is 2.08 bits per heavy atom. The van der Waals surface area contributed by atoms with Crippen LogP contribution in [0, 0.1) is 11.8 Å². The molecule has 3 aromatic heterocycles. The van der Waals surface area contributed by atoms with E-state index in [4.69, 9.17) is 0 Å². The average molecular weight is 370 g/mol. The first-order valence-corrected chi connectivity index (χ1v) is 9.09. The second-order valence-corrected chi connectivity index (χ2v) is 7.67. The van der Waals surface area contributed by atoms with Crippen molar-refractivity contribution in [3.8, 4) is 11.3 Å². The van der Waals surface area contributed by atoms with E-state index in [0.717, 1.165) is 17.5 Å². The third-order valence-electron chi connectivity index (χ3n) is 3.25. The lowest BCUT2D eigenvalue weighted by Gasteiger charge is -2.08. The van der Waals surface area contributed by atoms with Crippen molar-refractivity contribution in [1.82, 2.24) is 19.3 Å². The molecule has 0 saturated heterocycles. The van der Waals surface area contributed by atoms with E-state index in [1.165, 1.54) is 29.9 Å². The van der Waals surface area contributed by atoms with Crippen LogP contribution in [0.5, 0.6) is 0 Å². The van der Waals surface area contributed by atoms with Gasteiger partial charge in [0.25, 0.3) is 10.0 Å². The van der Waals surface area contributed by atoms with Gasteiger partial charge in [-0.05, 0) is 19.2 Å². The lowest BCUT2D eigenvalue weighted by molar-refractivity contribution is 0.574. The van der Waals surface area contributed by atoms with Crippen LogP contribution in [0.25, 0.3) is 11.3 Å². The van der Waals surface area contributed by atoms with E-state index < -0.39 is 27.5 Å². The molecular weight excluding hydrogens is 358 g/mol. The molecule has 126 valence electrons. The molecule has 6 nitrogen and oxygen atoms in total. The van der Waals surface area contributed by atoms with Crippen molar-refractivity contribution < 1.29 is 17.2 Å². The van der Waals surface area contributed by atoms with E-state index in [1.54, 1.807) is 7.05 Å². The van der Waals surface area contributed by atoms with Crippen molar-refractivity contribution in [3.63, 3.8) is 0 Å². The van der Waals surface area contributed by atoms with Gasteiger partial charge in [0.05, 0.1) is 5.56 Å². The summed E-state index contributed by atoms with van der Waals surface area (Å²) in [5.74, 6) is -1.78. The lowest BCUT2D eigenvalue weighted by Crippen LogP contribution is -2.14. The molecule has 0 bridgehead atoms. The zero-order valence-electron chi connectivity index (χ0n) is 12.4. The zero-order chi connectivity index (χ0) is 17.3. The number of hydrogen-bond donors (Lipinski definition) is 1. The van der Waals surface area contributed by atoms with Gasteiger partial charge in [0.2, 0.25) is 10.3 Å². The van der Waals surface area contributed by atoms with Gasteiger partial charge >= 0.3 is 0 Å². The third-order valence-corrected chi connectivity index (χ3v) is 6.09. The third kappa shape index (κ3) is 2.72. The number of thiazole rings is 1. The van der Waals surface area contributed by atoms with E-state index in [1.807, 2.05) is 0 Å². The van der Waals surface area contributed by atoms with Gasteiger partial charge in [0.1, 0.15) is 5.69 Å². The summed E-state index contributed by atoms with van der Waals surface area (Å²) in [5.41, 5.74) is -0.547. The van der Waals surface area contributed by atoms with Gasteiger partial charge in [0, 0.05) is 36.1 Å². The molecule has 0 radical (unpaired) electrons. The number of halogens is 2. The van der Waals surface area contributed by atoms with Gasteiger partial charge in [-0.3, -0.25) is 0 Å². The summed E-state index contributed by atoms with van der Waals surface area (Å²) in [6, 6.07) is 2.68. The van der Waals surface area contributed by atoms with Gasteiger partial charge in [-0.25, -0.2) is 18.3 Å². The number of nitrogens with one attached hydrogen (secondary N) is 1. The first-order valence-electron chi connectivity index (χ1n) is 6.77. The fourth-order valence-electron chi connectivity index (χ4n) is 2.24. The second kappa shape index (κ2) is 6.38. The smallest absolute Gasteiger partial charge is 0.295 e. The summed E-state index contributed by atoms with van der Waals surface area (Å²) in [7, 11) is -2.56. The van der Waals surface area contributed by atoms with Crippen LogP contribution in [0.4, 0.5) is 8.78 Å². The Morgan fingerprint density at radius 1 is 1.29 bits per heavy atom. The SMILES string of the molecule is CNCc1cn(S(=O)(=O)c2nccs2)c(-c2cccnc2F)c1F. The van der Waals surface area contributed by atoms with Crippen LogP contribution in [0.2, 0.25) is 0 Å². The fraction of sp³-hybridized carbons (Fsp3) is 0.143. The molecule has 0 saturated carbocycles. The highest BCUT2D eigenvalue weighted by atomic mass is 32.2. The highest BCUT2D eigenvalue weighted by molar-refractivity contribution is 7.92. The maximum atomic E-state index is 14.8. The van der Waals surface area contributed by atoms with Gasteiger partial charge in [-0.15, -0.1) is 11.3 Å². The Morgan fingerprint density at radius 3 is 2.71 bits per heavy atom. The van der Waals surface area contributed by atoms with Crippen molar-refractivity contribution in [2.75, 3.05) is 7.05 Å². The molecule has 0 fully saturated rings.